The number of amidine groups is 2. The molecular formula is C20H12Cl2N4O5S2. The van der Waals surface area contributed by atoms with Crippen molar-refractivity contribution in [2.45, 2.75) is 0 Å². The van der Waals surface area contributed by atoms with Gasteiger partial charge in [-0.3, -0.25) is 10.2 Å². The van der Waals surface area contributed by atoms with Gasteiger partial charge in [-0.05, 0) is 47.7 Å². The van der Waals surface area contributed by atoms with Crippen molar-refractivity contribution >= 4 is 78.1 Å². The first kappa shape index (κ1) is 23.2. The Morgan fingerprint density at radius 3 is 2.58 bits per heavy atom. The summed E-state index contributed by atoms with van der Waals surface area (Å²) in [6, 6.07) is 10.8. The highest BCUT2D eigenvalue weighted by Crippen LogP contribution is 2.32. The molecule has 168 valence electrons. The number of aliphatic imine (C=N–C) groups is 1. The van der Waals surface area contributed by atoms with E-state index in [1.54, 1.807) is 18.2 Å². The number of sulfone groups is 1. The van der Waals surface area contributed by atoms with Crippen LogP contribution in [0.4, 0.5) is 0 Å². The van der Waals surface area contributed by atoms with Crippen LogP contribution in [0.25, 0.3) is 6.08 Å². The molecule has 0 unspecified atom stereocenters. The number of ether oxygens (including phenoxy) is 1. The third-order valence-corrected chi connectivity index (χ3v) is 7.52. The minimum atomic E-state index is -3.63. The molecule has 1 amide bonds. The van der Waals surface area contributed by atoms with Gasteiger partial charge in [-0.1, -0.05) is 41.4 Å². The number of esters is 1. The van der Waals surface area contributed by atoms with Crippen molar-refractivity contribution in [3.8, 4) is 5.75 Å². The number of halogens is 2. The maximum atomic E-state index is 12.4. The summed E-state index contributed by atoms with van der Waals surface area (Å²) in [5.41, 5.74) is 0.479. The molecule has 1 N–H and O–H groups in total. The van der Waals surface area contributed by atoms with E-state index in [0.717, 1.165) is 11.3 Å². The molecule has 2 aromatic carbocycles. The molecule has 2 heterocycles. The molecule has 2 aliphatic rings. The van der Waals surface area contributed by atoms with Crippen molar-refractivity contribution < 1.29 is 22.7 Å². The number of benzene rings is 2. The molecule has 0 aromatic heterocycles. The molecule has 2 aliphatic heterocycles. The van der Waals surface area contributed by atoms with E-state index >= 15 is 0 Å². The molecule has 13 heteroatoms. The Labute approximate surface area is 202 Å². The molecule has 33 heavy (non-hydrogen) atoms. The second kappa shape index (κ2) is 8.75. The van der Waals surface area contributed by atoms with Gasteiger partial charge in [0.2, 0.25) is 19.4 Å². The van der Waals surface area contributed by atoms with E-state index in [9.17, 15) is 18.0 Å². The average Bonchev–Trinajstić information content (AvgIpc) is 3.18. The third-order valence-electron chi connectivity index (χ3n) is 4.32. The van der Waals surface area contributed by atoms with Crippen LogP contribution in [-0.2, 0) is 14.6 Å². The van der Waals surface area contributed by atoms with Crippen molar-refractivity contribution in [3.05, 3.63) is 69.2 Å². The fourth-order valence-electron chi connectivity index (χ4n) is 2.76. The number of fused-ring (bicyclic) bond motifs is 1. The number of carbonyl (C=O) groups excluding carboxylic acids is 2. The Morgan fingerprint density at radius 1 is 1.18 bits per heavy atom. The van der Waals surface area contributed by atoms with Gasteiger partial charge in [0, 0.05) is 6.26 Å². The number of hydrogen-bond donors (Lipinski definition) is 1. The van der Waals surface area contributed by atoms with E-state index in [1.165, 1.54) is 30.3 Å². The molecule has 0 spiro atoms. The van der Waals surface area contributed by atoms with Gasteiger partial charge in [-0.25, -0.2) is 13.2 Å². The van der Waals surface area contributed by atoms with Crippen LogP contribution in [0.15, 0.2) is 58.1 Å². The van der Waals surface area contributed by atoms with Gasteiger partial charge in [-0.2, -0.15) is 10.0 Å². The molecule has 9 nitrogen and oxygen atoms in total. The summed E-state index contributed by atoms with van der Waals surface area (Å²) < 4.78 is 28.5. The molecule has 0 radical (unpaired) electrons. The van der Waals surface area contributed by atoms with Gasteiger partial charge in [0.1, 0.15) is 5.75 Å². The first-order chi connectivity index (χ1) is 15.5. The number of carbonyl (C=O) groups is 2. The molecule has 0 bridgehead atoms. The molecule has 0 saturated carbocycles. The van der Waals surface area contributed by atoms with E-state index in [0.29, 0.717) is 17.3 Å². The number of rotatable bonds is 3. The predicted molar refractivity (Wildman–Crippen MR) is 128 cm³/mol. The fourth-order valence-corrected chi connectivity index (χ4v) is 4.89. The minimum absolute atomic E-state index is 0.0116. The van der Waals surface area contributed by atoms with Crippen LogP contribution in [0.2, 0.25) is 10.0 Å². The second-order valence-electron chi connectivity index (χ2n) is 6.72. The zero-order chi connectivity index (χ0) is 23.9. The van der Waals surface area contributed by atoms with Gasteiger partial charge >= 0.3 is 5.97 Å². The zero-order valence-electron chi connectivity index (χ0n) is 16.6. The van der Waals surface area contributed by atoms with Crippen LogP contribution < -0.4 is 4.74 Å². The van der Waals surface area contributed by atoms with E-state index in [1.807, 2.05) is 0 Å². The van der Waals surface area contributed by atoms with E-state index < -0.39 is 21.7 Å². The summed E-state index contributed by atoms with van der Waals surface area (Å²) in [5.74, 6) is -1.67. The zero-order valence-corrected chi connectivity index (χ0v) is 19.7. The highest BCUT2D eigenvalue weighted by atomic mass is 35.5. The molecule has 0 saturated heterocycles. The summed E-state index contributed by atoms with van der Waals surface area (Å²) in [5, 5.41) is 13.4. The Kier molecular flexibility index (Phi) is 6.14. The Hall–Kier alpha value is -2.99. The SMILES string of the molecule is CS(=O)(=O)C1=NN2C(=N)/C(=C\c3ccc(OC(=O)c4ccccc4Cl)c(Cl)c3)C(=O)N=C2S1. The highest BCUT2D eigenvalue weighted by Gasteiger charge is 2.38. The predicted octanol–water partition coefficient (Wildman–Crippen LogP) is 3.83. The standard InChI is InChI=1S/C20H12Cl2N4O5S2/c1-33(29,30)20-25-26-16(23)12(17(27)24-19(26)32-20)8-10-6-7-15(14(22)9-10)31-18(28)11-4-2-3-5-13(11)21/h2-9,23H,1H3/b12-8+,23-16?. The summed E-state index contributed by atoms with van der Waals surface area (Å²) in [6.45, 7) is 0. The summed E-state index contributed by atoms with van der Waals surface area (Å²) in [7, 11) is -3.63. The summed E-state index contributed by atoms with van der Waals surface area (Å²) in [6.07, 6.45) is 2.33. The average molecular weight is 523 g/mol. The Bertz CT molecular complexity index is 1430. The normalized spacial score (nSPS) is 17.1. The topological polar surface area (TPSA) is 129 Å². The fraction of sp³-hybridized carbons (Fsp3) is 0.0500. The lowest BCUT2D eigenvalue weighted by Gasteiger charge is -2.20. The van der Waals surface area contributed by atoms with Crippen molar-refractivity contribution in [2.75, 3.05) is 6.26 Å². The van der Waals surface area contributed by atoms with E-state index in [2.05, 4.69) is 10.1 Å². The largest absolute Gasteiger partial charge is 0.421 e. The van der Waals surface area contributed by atoms with Crippen molar-refractivity contribution in [1.82, 2.24) is 5.01 Å². The van der Waals surface area contributed by atoms with Crippen LogP contribution in [0.3, 0.4) is 0 Å². The first-order valence-electron chi connectivity index (χ1n) is 9.01. The molecule has 0 atom stereocenters. The van der Waals surface area contributed by atoms with Crippen LogP contribution in [0.1, 0.15) is 15.9 Å². The third kappa shape index (κ3) is 4.71. The molecule has 0 fully saturated rings. The minimum Gasteiger partial charge on any atom is -0.421 e. The molecule has 2 aromatic rings. The van der Waals surface area contributed by atoms with Gasteiger partial charge < -0.3 is 4.74 Å². The lowest BCUT2D eigenvalue weighted by Crippen LogP contribution is -2.35. The second-order valence-corrected chi connectivity index (χ2v) is 10.7. The van der Waals surface area contributed by atoms with Crippen LogP contribution >= 0.6 is 35.0 Å². The van der Waals surface area contributed by atoms with Crippen molar-refractivity contribution in [3.63, 3.8) is 0 Å². The lowest BCUT2D eigenvalue weighted by molar-refractivity contribution is -0.114. The highest BCUT2D eigenvalue weighted by molar-refractivity contribution is 8.42. The van der Waals surface area contributed by atoms with Crippen molar-refractivity contribution in [1.29, 1.82) is 5.41 Å². The first-order valence-corrected chi connectivity index (χ1v) is 12.5. The van der Waals surface area contributed by atoms with Crippen LogP contribution in [-0.4, -0.2) is 46.9 Å². The quantitative estimate of drug-likeness (QED) is 0.368. The van der Waals surface area contributed by atoms with Crippen LogP contribution in [0.5, 0.6) is 5.75 Å². The number of amides is 1. The molecule has 4 rings (SSSR count). The smallest absolute Gasteiger partial charge is 0.345 e. The maximum Gasteiger partial charge on any atom is 0.345 e. The monoisotopic (exact) mass is 522 g/mol. The maximum absolute atomic E-state index is 12.4. The number of nitrogens with zero attached hydrogens (tertiary/aromatic N) is 3. The van der Waals surface area contributed by atoms with Gasteiger partial charge in [0.05, 0.1) is 21.2 Å². The number of hydrogen-bond acceptors (Lipinski definition) is 8. The number of nitrogens with one attached hydrogen (secondary N) is 1. The number of hydrazone groups is 1. The Morgan fingerprint density at radius 2 is 1.91 bits per heavy atom. The molecular weight excluding hydrogens is 511 g/mol. The number of thioether (sulfide) groups is 1. The van der Waals surface area contributed by atoms with E-state index in [4.69, 9.17) is 33.3 Å². The van der Waals surface area contributed by atoms with Crippen LogP contribution in [0, 0.1) is 5.41 Å². The lowest BCUT2D eigenvalue weighted by atomic mass is 10.1. The van der Waals surface area contributed by atoms with Crippen molar-refractivity contribution in [2.24, 2.45) is 10.1 Å². The Balaban J connectivity index is 1.59. The van der Waals surface area contributed by atoms with E-state index in [-0.39, 0.29) is 42.3 Å². The van der Waals surface area contributed by atoms with Gasteiger partial charge in [-0.15, -0.1) is 5.10 Å². The molecule has 0 aliphatic carbocycles. The van der Waals surface area contributed by atoms with Gasteiger partial charge in [0.15, 0.2) is 5.84 Å². The summed E-state index contributed by atoms with van der Waals surface area (Å²) in [4.78, 5) is 28.6. The summed E-state index contributed by atoms with van der Waals surface area (Å²) >= 11 is 12.9. The van der Waals surface area contributed by atoms with Gasteiger partial charge in [0.25, 0.3) is 5.91 Å².